The molecule has 4 rings (SSSR count). The summed E-state index contributed by atoms with van der Waals surface area (Å²) in [4.78, 5) is 65.7. The van der Waals surface area contributed by atoms with Gasteiger partial charge in [0.05, 0.1) is 23.7 Å². The second-order valence-electron chi connectivity index (χ2n) is 7.61. The Balaban J connectivity index is 1.61. The first-order valence-corrected chi connectivity index (χ1v) is 9.49. The Hall–Kier alpha value is -3.53. The monoisotopic (exact) mass is 412 g/mol. The van der Waals surface area contributed by atoms with Gasteiger partial charge >= 0.3 is 11.7 Å². The Morgan fingerprint density at radius 2 is 1.77 bits per heavy atom. The zero-order chi connectivity index (χ0) is 21.6. The van der Waals surface area contributed by atoms with Crippen LogP contribution in [-0.4, -0.2) is 67.9 Å². The topological polar surface area (TPSA) is 133 Å². The molecule has 2 atom stereocenters. The quantitative estimate of drug-likeness (QED) is 0.652. The number of amides is 2. The second kappa shape index (κ2) is 7.38. The van der Waals surface area contributed by atoms with Gasteiger partial charge in [-0.2, -0.15) is 0 Å². The van der Waals surface area contributed by atoms with Crippen molar-refractivity contribution in [2.75, 3.05) is 19.6 Å². The van der Waals surface area contributed by atoms with Crippen LogP contribution in [0.3, 0.4) is 0 Å². The molecule has 10 nitrogen and oxygen atoms in total. The van der Waals surface area contributed by atoms with E-state index in [0.717, 1.165) is 4.90 Å². The zero-order valence-corrected chi connectivity index (χ0v) is 16.2. The predicted molar refractivity (Wildman–Crippen MR) is 105 cm³/mol. The number of hydrogen-bond donors (Lipinski definition) is 2. The van der Waals surface area contributed by atoms with Gasteiger partial charge in [-0.3, -0.25) is 38.5 Å². The van der Waals surface area contributed by atoms with Gasteiger partial charge in [-0.15, -0.1) is 0 Å². The summed E-state index contributed by atoms with van der Waals surface area (Å²) in [5.41, 5.74) is -0.0294. The van der Waals surface area contributed by atoms with E-state index in [4.69, 9.17) is 0 Å². The van der Waals surface area contributed by atoms with E-state index in [0.29, 0.717) is 23.1 Å². The molecule has 1 aromatic carbocycles. The van der Waals surface area contributed by atoms with Crippen LogP contribution in [0.4, 0.5) is 0 Å². The maximum atomic E-state index is 12.7. The summed E-state index contributed by atoms with van der Waals surface area (Å²) in [6, 6.07) is 5.71. The van der Waals surface area contributed by atoms with Crippen molar-refractivity contribution in [1.29, 1.82) is 0 Å². The lowest BCUT2D eigenvalue weighted by Crippen LogP contribution is -2.44. The highest BCUT2D eigenvalue weighted by molar-refractivity contribution is 6.21. The van der Waals surface area contributed by atoms with Gasteiger partial charge in [-0.25, -0.2) is 4.79 Å². The molecule has 10 heteroatoms. The average Bonchev–Trinajstić information content (AvgIpc) is 3.19. The maximum Gasteiger partial charge on any atom is 0.328 e. The Morgan fingerprint density at radius 3 is 2.37 bits per heavy atom. The number of nitrogens with one attached hydrogen (secondary N) is 1. The molecule has 0 spiro atoms. The van der Waals surface area contributed by atoms with Gasteiger partial charge in [0.1, 0.15) is 0 Å². The second-order valence-corrected chi connectivity index (χ2v) is 7.61. The molecule has 0 bridgehead atoms. The smallest absolute Gasteiger partial charge is 0.328 e. The number of nitrogens with zero attached hydrogens (tertiary/aromatic N) is 3. The molecule has 30 heavy (non-hydrogen) atoms. The largest absolute Gasteiger partial charge is 0.480 e. The van der Waals surface area contributed by atoms with Crippen molar-refractivity contribution in [3.05, 3.63) is 68.0 Å². The minimum Gasteiger partial charge on any atom is -0.480 e. The molecule has 2 N–H and O–H groups in total. The highest BCUT2D eigenvalue weighted by Gasteiger charge is 2.41. The van der Waals surface area contributed by atoms with Crippen LogP contribution in [0.1, 0.15) is 38.7 Å². The van der Waals surface area contributed by atoms with Crippen molar-refractivity contribution in [1.82, 2.24) is 19.4 Å². The fraction of sp³-hybridized carbons (Fsp3) is 0.350. The molecule has 0 saturated carbocycles. The van der Waals surface area contributed by atoms with Crippen LogP contribution in [-0.2, 0) is 4.79 Å². The summed E-state index contributed by atoms with van der Waals surface area (Å²) in [5, 5.41) is 9.29. The van der Waals surface area contributed by atoms with E-state index in [9.17, 15) is 29.1 Å². The van der Waals surface area contributed by atoms with Gasteiger partial charge in [0.25, 0.3) is 17.4 Å². The van der Waals surface area contributed by atoms with Gasteiger partial charge in [0, 0.05) is 30.9 Å². The Labute approximate surface area is 170 Å². The van der Waals surface area contributed by atoms with Crippen LogP contribution < -0.4 is 11.2 Å². The number of carboxylic acids is 1. The Bertz CT molecular complexity index is 1130. The van der Waals surface area contributed by atoms with E-state index in [1.54, 1.807) is 36.1 Å². The average molecular weight is 412 g/mol. The fourth-order valence-corrected chi connectivity index (χ4v) is 4.19. The third-order valence-electron chi connectivity index (χ3n) is 5.65. The molecule has 0 radical (unpaired) electrons. The number of likely N-dealkylation sites (tertiary alicyclic amines) is 1. The number of H-pyrrole nitrogens is 1. The van der Waals surface area contributed by atoms with Gasteiger partial charge in [0.2, 0.25) is 0 Å². The van der Waals surface area contributed by atoms with Crippen molar-refractivity contribution in [2.45, 2.75) is 25.4 Å². The molecule has 2 aromatic rings. The number of rotatable bonds is 5. The van der Waals surface area contributed by atoms with Crippen molar-refractivity contribution >= 4 is 17.8 Å². The SMILES string of the molecule is Cc1cn([C@@H]2C[C@H](CN3C(=O)c4ccccc4C3=O)N(CC(=O)O)C2)c(=O)[nH]c1=O. The van der Waals surface area contributed by atoms with Gasteiger partial charge in [-0.05, 0) is 25.5 Å². The van der Waals surface area contributed by atoms with E-state index in [1.807, 2.05) is 0 Å². The van der Waals surface area contributed by atoms with Crippen LogP contribution in [0, 0.1) is 6.92 Å². The number of benzene rings is 1. The molecule has 1 aromatic heterocycles. The summed E-state index contributed by atoms with van der Waals surface area (Å²) >= 11 is 0. The van der Waals surface area contributed by atoms with Gasteiger partial charge < -0.3 is 5.11 Å². The summed E-state index contributed by atoms with van der Waals surface area (Å²) in [6.07, 6.45) is 1.81. The number of imide groups is 1. The van der Waals surface area contributed by atoms with E-state index < -0.39 is 41.1 Å². The van der Waals surface area contributed by atoms with Crippen molar-refractivity contribution < 1.29 is 19.5 Å². The van der Waals surface area contributed by atoms with E-state index >= 15 is 0 Å². The number of carboxylic acid groups (broad SMARTS) is 1. The first kappa shape index (κ1) is 19.8. The fourth-order valence-electron chi connectivity index (χ4n) is 4.19. The Morgan fingerprint density at radius 1 is 1.13 bits per heavy atom. The minimum atomic E-state index is -1.05. The van der Waals surface area contributed by atoms with Gasteiger partial charge in [0.15, 0.2) is 0 Å². The number of aromatic nitrogens is 2. The van der Waals surface area contributed by atoms with E-state index in [-0.39, 0.29) is 19.6 Å². The first-order chi connectivity index (χ1) is 14.3. The number of aryl methyl sites for hydroxylation is 1. The molecule has 1 fully saturated rings. The summed E-state index contributed by atoms with van der Waals surface area (Å²) in [7, 11) is 0. The van der Waals surface area contributed by atoms with Crippen LogP contribution in [0.15, 0.2) is 40.1 Å². The van der Waals surface area contributed by atoms with Crippen molar-refractivity contribution in [2.24, 2.45) is 0 Å². The molecule has 156 valence electrons. The van der Waals surface area contributed by atoms with Crippen LogP contribution in [0.2, 0.25) is 0 Å². The maximum absolute atomic E-state index is 12.7. The number of carbonyl (C=O) groups is 3. The third-order valence-corrected chi connectivity index (χ3v) is 5.65. The predicted octanol–water partition coefficient (Wildman–Crippen LogP) is -0.159. The zero-order valence-electron chi connectivity index (χ0n) is 16.2. The van der Waals surface area contributed by atoms with Crippen molar-refractivity contribution in [3.8, 4) is 0 Å². The lowest BCUT2D eigenvalue weighted by molar-refractivity contribution is -0.138. The van der Waals surface area contributed by atoms with Crippen LogP contribution in [0.5, 0.6) is 0 Å². The van der Waals surface area contributed by atoms with Crippen LogP contribution in [0.25, 0.3) is 0 Å². The van der Waals surface area contributed by atoms with Crippen LogP contribution >= 0.6 is 0 Å². The first-order valence-electron chi connectivity index (χ1n) is 9.49. The lowest BCUT2D eigenvalue weighted by Gasteiger charge is -2.26. The molecule has 1 saturated heterocycles. The highest BCUT2D eigenvalue weighted by atomic mass is 16.4. The van der Waals surface area contributed by atoms with E-state index in [1.165, 1.54) is 10.8 Å². The molecule has 3 heterocycles. The molecule has 2 amide bonds. The highest BCUT2D eigenvalue weighted by Crippen LogP contribution is 2.30. The van der Waals surface area contributed by atoms with Gasteiger partial charge in [-0.1, -0.05) is 12.1 Å². The number of aliphatic carboxylic acids is 1. The molecular weight excluding hydrogens is 392 g/mol. The summed E-state index contributed by atoms with van der Waals surface area (Å²) in [6.45, 7) is 1.55. The molecule has 0 unspecified atom stereocenters. The number of carbonyl (C=O) groups excluding carboxylic acids is 2. The summed E-state index contributed by atoms with van der Waals surface area (Å²) in [5.74, 6) is -1.87. The molecular formula is C20H20N4O6. The Kier molecular flexibility index (Phi) is 4.86. The normalized spacial score (nSPS) is 21.3. The summed E-state index contributed by atoms with van der Waals surface area (Å²) < 4.78 is 1.38. The number of aromatic amines is 1. The molecule has 0 aliphatic carbocycles. The van der Waals surface area contributed by atoms with Crippen molar-refractivity contribution in [3.63, 3.8) is 0 Å². The minimum absolute atomic E-state index is 0.0210. The standard InChI is InChI=1S/C20H20N4O6/c1-11-7-23(20(30)21-17(11)27)13-6-12(22(8-13)10-16(25)26)9-24-18(28)14-4-2-3-5-15(14)19(24)29/h2-5,7,12-13H,6,8-10H2,1H3,(H,25,26)(H,21,27,30)/t12-,13-/m1/s1. The number of fused-ring (bicyclic) bond motifs is 1. The lowest BCUT2D eigenvalue weighted by atomic mass is 10.1. The third kappa shape index (κ3) is 3.35. The molecule has 2 aliphatic rings. The number of hydrogen-bond acceptors (Lipinski definition) is 6. The van der Waals surface area contributed by atoms with E-state index in [2.05, 4.69) is 4.98 Å². The molecule has 2 aliphatic heterocycles.